The molecule has 0 saturated carbocycles. The molecule has 1 saturated heterocycles. The van der Waals surface area contributed by atoms with Crippen molar-refractivity contribution in [2.75, 3.05) is 31.1 Å². The van der Waals surface area contributed by atoms with Gasteiger partial charge in [-0.2, -0.15) is 13.2 Å². The second kappa shape index (κ2) is 11.1. The molecule has 0 aliphatic carbocycles. The van der Waals surface area contributed by atoms with E-state index in [1.54, 1.807) is 25.7 Å². The van der Waals surface area contributed by atoms with Gasteiger partial charge in [-0.15, -0.1) is 0 Å². The Labute approximate surface area is 210 Å². The molecule has 2 rings (SSSR count). The number of nitrogens with zero attached hydrogens (tertiary/aromatic N) is 2. The van der Waals surface area contributed by atoms with Gasteiger partial charge in [0.1, 0.15) is 5.60 Å². The minimum Gasteiger partial charge on any atom is -0.444 e. The number of carbonyl (C=O) groups is 1. The summed E-state index contributed by atoms with van der Waals surface area (Å²) >= 11 is 0. The molecule has 0 spiro atoms. The number of amides is 1. The predicted octanol–water partition coefficient (Wildman–Crippen LogP) is 5.90. The first kappa shape index (κ1) is 29.4. The molecule has 1 aromatic rings. The quantitative estimate of drug-likeness (QED) is 0.508. The van der Waals surface area contributed by atoms with Crippen molar-refractivity contribution >= 4 is 22.8 Å². The van der Waals surface area contributed by atoms with Crippen molar-refractivity contribution in [1.82, 2.24) is 9.62 Å². The van der Waals surface area contributed by atoms with Gasteiger partial charge in [-0.25, -0.2) is 13.7 Å². The highest BCUT2D eigenvalue weighted by Gasteiger charge is 2.34. The van der Waals surface area contributed by atoms with E-state index >= 15 is 0 Å². The van der Waals surface area contributed by atoms with Crippen LogP contribution >= 0.6 is 0 Å². The van der Waals surface area contributed by atoms with Crippen LogP contribution in [0.25, 0.3) is 0 Å². The van der Waals surface area contributed by atoms with Crippen molar-refractivity contribution in [2.24, 2.45) is 5.92 Å². The van der Waals surface area contributed by atoms with E-state index in [1.165, 1.54) is 12.1 Å². The van der Waals surface area contributed by atoms with Crippen LogP contribution in [0.3, 0.4) is 0 Å². The van der Waals surface area contributed by atoms with Crippen molar-refractivity contribution in [3.8, 4) is 0 Å². The summed E-state index contributed by atoms with van der Waals surface area (Å²) in [7, 11) is -1.47. The minimum atomic E-state index is -4.49. The monoisotopic (exact) mass is 519 g/mol. The van der Waals surface area contributed by atoms with Gasteiger partial charge in [-0.3, -0.25) is 0 Å². The van der Waals surface area contributed by atoms with E-state index in [4.69, 9.17) is 4.74 Å². The molecular weight excluding hydrogens is 479 g/mol. The first-order chi connectivity index (χ1) is 15.9. The Kier molecular flexibility index (Phi) is 9.30. The summed E-state index contributed by atoms with van der Waals surface area (Å²) in [6, 6.07) is 3.23. The van der Waals surface area contributed by atoms with Crippen LogP contribution in [-0.4, -0.2) is 51.7 Å². The lowest BCUT2D eigenvalue weighted by Crippen LogP contribution is -2.50. The number of ether oxygens (including phenoxy) is 1. The highest BCUT2D eigenvalue weighted by Crippen LogP contribution is 2.38. The first-order valence-corrected chi connectivity index (χ1v) is 13.2. The van der Waals surface area contributed by atoms with Crippen molar-refractivity contribution in [3.05, 3.63) is 29.3 Å². The zero-order valence-corrected chi connectivity index (χ0v) is 22.9. The van der Waals surface area contributed by atoms with E-state index < -0.39 is 45.2 Å². The molecule has 1 amide bonds. The number of hydrogen-bond acceptors (Lipinski definition) is 4. The maximum atomic E-state index is 13.6. The highest BCUT2D eigenvalue weighted by molar-refractivity contribution is 7.84. The maximum Gasteiger partial charge on any atom is 0.416 e. The largest absolute Gasteiger partial charge is 0.444 e. The number of rotatable bonds is 6. The number of benzene rings is 1. The molecule has 10 heteroatoms. The van der Waals surface area contributed by atoms with Crippen LogP contribution < -0.4 is 9.62 Å². The molecule has 2 atom stereocenters. The van der Waals surface area contributed by atoms with Crippen molar-refractivity contribution in [1.29, 1.82) is 0 Å². The Morgan fingerprint density at radius 2 is 1.63 bits per heavy atom. The predicted molar refractivity (Wildman–Crippen MR) is 135 cm³/mol. The summed E-state index contributed by atoms with van der Waals surface area (Å²) in [5.74, 6) is 0.163. The molecule has 1 heterocycles. The fourth-order valence-electron chi connectivity index (χ4n) is 3.77. The summed E-state index contributed by atoms with van der Waals surface area (Å²) in [4.78, 5) is 16.0. The van der Waals surface area contributed by atoms with Gasteiger partial charge in [-0.1, -0.05) is 13.8 Å². The van der Waals surface area contributed by atoms with Gasteiger partial charge >= 0.3 is 12.3 Å². The van der Waals surface area contributed by atoms with Gasteiger partial charge in [0.05, 0.1) is 21.3 Å². The normalized spacial score (nSPS) is 17.5. The number of halogens is 3. The topological polar surface area (TPSA) is 61.9 Å². The van der Waals surface area contributed by atoms with Crippen LogP contribution in [0.15, 0.2) is 18.2 Å². The van der Waals surface area contributed by atoms with Crippen LogP contribution in [0.2, 0.25) is 0 Å². The zero-order valence-electron chi connectivity index (χ0n) is 22.1. The Hall–Kier alpha value is -1.81. The van der Waals surface area contributed by atoms with E-state index in [2.05, 4.69) is 4.72 Å². The molecule has 2 unspecified atom stereocenters. The third-order valence-electron chi connectivity index (χ3n) is 5.51. The van der Waals surface area contributed by atoms with Gasteiger partial charge in [0.25, 0.3) is 0 Å². The Morgan fingerprint density at radius 1 is 1.06 bits per heavy atom. The molecule has 1 fully saturated rings. The molecule has 200 valence electrons. The molecule has 0 bridgehead atoms. The zero-order chi connectivity index (χ0) is 26.8. The summed E-state index contributed by atoms with van der Waals surface area (Å²) < 4.78 is 61.9. The van der Waals surface area contributed by atoms with Gasteiger partial charge in [0, 0.05) is 37.9 Å². The fraction of sp³-hybridized carbons (Fsp3) is 0.720. The van der Waals surface area contributed by atoms with Gasteiger partial charge < -0.3 is 14.5 Å². The van der Waals surface area contributed by atoms with Crippen LogP contribution in [0.5, 0.6) is 0 Å². The smallest absolute Gasteiger partial charge is 0.416 e. The second-order valence-corrected chi connectivity index (χ2v) is 13.4. The van der Waals surface area contributed by atoms with Crippen LogP contribution in [0.1, 0.15) is 79.0 Å². The molecule has 1 aliphatic heterocycles. The van der Waals surface area contributed by atoms with Crippen LogP contribution in [0.4, 0.5) is 23.7 Å². The summed E-state index contributed by atoms with van der Waals surface area (Å²) in [5.41, 5.74) is -0.212. The Bertz CT molecular complexity index is 900. The lowest BCUT2D eigenvalue weighted by Gasteiger charge is -2.38. The van der Waals surface area contributed by atoms with E-state index in [0.717, 1.165) is 6.07 Å². The molecule has 1 N–H and O–H groups in total. The molecule has 1 aromatic carbocycles. The molecule has 35 heavy (non-hydrogen) atoms. The van der Waals surface area contributed by atoms with E-state index in [9.17, 15) is 22.2 Å². The second-order valence-electron chi connectivity index (χ2n) is 11.4. The average molecular weight is 520 g/mol. The summed E-state index contributed by atoms with van der Waals surface area (Å²) in [5, 5.41) is 0. The standard InChI is InChI=1S/C25H40F3N3O3S/c1-17(2)15-20(29-35(33)24(6,7)8)19-16-18(25(26,27)28)9-10-21(19)30-11-13-31(14-12-30)22(32)34-23(3,4)5/h9-10,16-17,20,29H,11-15H2,1-8H3. The van der Waals surface area contributed by atoms with Gasteiger partial charge in [0.15, 0.2) is 0 Å². The molecule has 1 aliphatic rings. The number of alkyl halides is 3. The number of piperazine rings is 1. The number of hydrogen-bond donors (Lipinski definition) is 1. The first-order valence-electron chi connectivity index (χ1n) is 12.0. The fourth-order valence-corrected chi connectivity index (χ4v) is 4.61. The lowest BCUT2D eigenvalue weighted by atomic mass is 9.94. The molecular formula is C25H40F3N3O3S. The summed E-state index contributed by atoms with van der Waals surface area (Å²) in [6.07, 6.45) is -4.37. The van der Waals surface area contributed by atoms with Crippen molar-refractivity contribution in [3.63, 3.8) is 0 Å². The van der Waals surface area contributed by atoms with E-state index in [0.29, 0.717) is 43.9 Å². The number of anilines is 1. The number of carbonyl (C=O) groups excluding carboxylic acids is 1. The minimum absolute atomic E-state index is 0.163. The van der Waals surface area contributed by atoms with E-state index in [-0.39, 0.29) is 5.92 Å². The SMILES string of the molecule is CC(C)CC(NS(=O)C(C)(C)C)c1cc(C(F)(F)F)ccc1N1CCN(C(=O)OC(C)(C)C)CC1. The lowest BCUT2D eigenvalue weighted by molar-refractivity contribution is -0.137. The van der Waals surface area contributed by atoms with Gasteiger partial charge in [0.2, 0.25) is 0 Å². The van der Waals surface area contributed by atoms with Crippen molar-refractivity contribution < 1.29 is 26.9 Å². The molecule has 0 radical (unpaired) electrons. The van der Waals surface area contributed by atoms with Gasteiger partial charge in [-0.05, 0) is 77.6 Å². The Balaban J connectivity index is 2.39. The van der Waals surface area contributed by atoms with Crippen molar-refractivity contribution in [2.45, 2.75) is 84.4 Å². The third-order valence-corrected chi connectivity index (χ3v) is 7.13. The van der Waals surface area contributed by atoms with Crippen LogP contribution in [-0.2, 0) is 21.9 Å². The average Bonchev–Trinajstić information content (AvgIpc) is 2.70. The van der Waals surface area contributed by atoms with Crippen LogP contribution in [0, 0.1) is 5.92 Å². The third kappa shape index (κ3) is 8.66. The van der Waals surface area contributed by atoms with E-state index in [1.807, 2.05) is 39.5 Å². The summed E-state index contributed by atoms with van der Waals surface area (Å²) in [6.45, 7) is 16.6. The molecule has 0 aromatic heterocycles. The Morgan fingerprint density at radius 3 is 2.09 bits per heavy atom. The highest BCUT2D eigenvalue weighted by atomic mass is 32.2. The maximum absolute atomic E-state index is 13.6. The molecule has 6 nitrogen and oxygen atoms in total. The number of nitrogens with one attached hydrogen (secondary N) is 1.